The number of fused-ring (bicyclic) bond motifs is 2. The van der Waals surface area contributed by atoms with Gasteiger partial charge >= 0.3 is 0 Å². The van der Waals surface area contributed by atoms with Gasteiger partial charge in [0.05, 0.1) is 0 Å². The van der Waals surface area contributed by atoms with Gasteiger partial charge in [-0.15, -0.1) is 0 Å². The number of ether oxygens (including phenoxy) is 1. The van der Waals surface area contributed by atoms with E-state index in [2.05, 4.69) is 20.8 Å². The van der Waals surface area contributed by atoms with E-state index in [4.69, 9.17) is 10.5 Å². The van der Waals surface area contributed by atoms with Crippen LogP contribution < -0.4 is 10.5 Å². The fourth-order valence-corrected chi connectivity index (χ4v) is 4.12. The molecule has 0 saturated heterocycles. The lowest BCUT2D eigenvalue weighted by atomic mass is 9.70. The van der Waals surface area contributed by atoms with Crippen LogP contribution in [-0.2, 0) is 0 Å². The molecular weight excluding hydrogens is 260 g/mol. The molecule has 20 heavy (non-hydrogen) atoms. The van der Waals surface area contributed by atoms with E-state index in [1.165, 1.54) is 12.5 Å². The number of anilines is 1. The third-order valence-corrected chi connectivity index (χ3v) is 6.04. The molecule has 3 unspecified atom stereocenters. The van der Waals surface area contributed by atoms with Gasteiger partial charge in [0.2, 0.25) is 0 Å². The predicted octanol–water partition coefficient (Wildman–Crippen LogP) is 4.14. The molecule has 110 valence electrons. The number of nitrogen functional groups attached to an aromatic ring is 1. The molecule has 2 bridgehead atoms. The highest BCUT2D eigenvalue weighted by Gasteiger charge is 2.62. The summed E-state index contributed by atoms with van der Waals surface area (Å²) in [4.78, 5) is 0. The Labute approximate surface area is 118 Å². The van der Waals surface area contributed by atoms with E-state index >= 15 is 0 Å². The number of hydrogen-bond acceptors (Lipinski definition) is 2. The Balaban J connectivity index is 1.91. The Kier molecular flexibility index (Phi) is 2.79. The van der Waals surface area contributed by atoms with Crippen LogP contribution in [0.1, 0.15) is 40.0 Å². The van der Waals surface area contributed by atoms with Crippen LogP contribution in [0.15, 0.2) is 12.1 Å². The van der Waals surface area contributed by atoms with E-state index in [0.717, 1.165) is 18.9 Å². The molecule has 1 aromatic carbocycles. The zero-order valence-electron chi connectivity index (χ0n) is 12.2. The minimum absolute atomic E-state index is 0.0280. The van der Waals surface area contributed by atoms with Gasteiger partial charge in [-0.25, -0.2) is 8.78 Å². The Morgan fingerprint density at radius 2 is 1.95 bits per heavy atom. The molecule has 2 fully saturated rings. The van der Waals surface area contributed by atoms with Crippen LogP contribution in [-0.4, -0.2) is 6.10 Å². The van der Waals surface area contributed by atoms with Gasteiger partial charge in [0.1, 0.15) is 23.4 Å². The number of nitrogens with two attached hydrogens (primary N) is 1. The summed E-state index contributed by atoms with van der Waals surface area (Å²) in [5.41, 5.74) is 5.80. The molecule has 2 aliphatic rings. The molecule has 0 aromatic heterocycles. The van der Waals surface area contributed by atoms with Gasteiger partial charge < -0.3 is 10.5 Å². The first kappa shape index (κ1) is 13.7. The number of rotatable bonds is 2. The highest BCUT2D eigenvalue weighted by Crippen LogP contribution is 2.66. The lowest BCUT2D eigenvalue weighted by Gasteiger charge is -2.39. The van der Waals surface area contributed by atoms with Crippen molar-refractivity contribution in [3.05, 3.63) is 23.8 Å². The zero-order chi connectivity index (χ0) is 14.7. The maximum Gasteiger partial charge on any atom is 0.152 e. The molecule has 0 heterocycles. The summed E-state index contributed by atoms with van der Waals surface area (Å²) >= 11 is 0. The second-order valence-corrected chi connectivity index (χ2v) is 7.02. The van der Waals surface area contributed by atoms with E-state index in [9.17, 15) is 8.78 Å². The second kappa shape index (κ2) is 4.09. The van der Waals surface area contributed by atoms with Gasteiger partial charge in [0.25, 0.3) is 0 Å². The molecule has 0 spiro atoms. The SMILES string of the molecule is CC1(C)C2CCC1(C)C(Oc1cc(F)cc(F)c1N)C2. The maximum atomic E-state index is 13.5. The maximum absolute atomic E-state index is 13.5. The first-order chi connectivity index (χ1) is 9.25. The monoisotopic (exact) mass is 281 g/mol. The van der Waals surface area contributed by atoms with Crippen molar-refractivity contribution in [1.29, 1.82) is 0 Å². The van der Waals surface area contributed by atoms with E-state index < -0.39 is 11.6 Å². The second-order valence-electron chi connectivity index (χ2n) is 7.02. The fraction of sp³-hybridized carbons (Fsp3) is 0.625. The van der Waals surface area contributed by atoms with Gasteiger partial charge in [-0.1, -0.05) is 20.8 Å². The Bertz CT molecular complexity index is 558. The van der Waals surface area contributed by atoms with E-state index in [-0.39, 0.29) is 28.4 Å². The van der Waals surface area contributed by atoms with Gasteiger partial charge in [-0.2, -0.15) is 0 Å². The molecule has 2 aliphatic carbocycles. The molecule has 2 saturated carbocycles. The van der Waals surface area contributed by atoms with Gasteiger partial charge in [-0.05, 0) is 30.6 Å². The van der Waals surface area contributed by atoms with Gasteiger partial charge in [0, 0.05) is 17.5 Å². The molecule has 0 aliphatic heterocycles. The van der Waals surface area contributed by atoms with E-state index in [1.807, 2.05) is 0 Å². The van der Waals surface area contributed by atoms with Crippen LogP contribution in [0.2, 0.25) is 0 Å². The molecule has 2 N–H and O–H groups in total. The van der Waals surface area contributed by atoms with Crippen LogP contribution in [0.25, 0.3) is 0 Å². The van der Waals surface area contributed by atoms with Gasteiger partial charge in [-0.3, -0.25) is 0 Å². The number of hydrogen-bond donors (Lipinski definition) is 1. The van der Waals surface area contributed by atoms with Crippen LogP contribution in [0.4, 0.5) is 14.5 Å². The average molecular weight is 281 g/mol. The normalized spacial score (nSPS) is 34.5. The Hall–Kier alpha value is -1.32. The molecule has 2 nitrogen and oxygen atoms in total. The summed E-state index contributed by atoms with van der Waals surface area (Å²) in [6, 6.07) is 1.97. The topological polar surface area (TPSA) is 35.2 Å². The Morgan fingerprint density at radius 1 is 1.25 bits per heavy atom. The van der Waals surface area contributed by atoms with Crippen molar-refractivity contribution in [2.45, 2.75) is 46.1 Å². The lowest BCUT2D eigenvalue weighted by Crippen LogP contribution is -2.39. The summed E-state index contributed by atoms with van der Waals surface area (Å²) in [7, 11) is 0. The number of benzene rings is 1. The molecule has 3 atom stereocenters. The van der Waals surface area contributed by atoms with Crippen molar-refractivity contribution in [2.75, 3.05) is 5.73 Å². The van der Waals surface area contributed by atoms with E-state index in [0.29, 0.717) is 5.92 Å². The van der Waals surface area contributed by atoms with Crippen LogP contribution in [0.5, 0.6) is 5.75 Å². The predicted molar refractivity (Wildman–Crippen MR) is 74.4 cm³/mol. The third kappa shape index (κ3) is 1.66. The van der Waals surface area contributed by atoms with Crippen molar-refractivity contribution in [2.24, 2.45) is 16.7 Å². The lowest BCUT2D eigenvalue weighted by molar-refractivity contribution is 0.0303. The minimum atomic E-state index is -0.757. The standard InChI is InChI=1S/C16H21F2NO/c1-15(2)9-4-5-16(15,3)13(6-9)20-12-8-10(17)7-11(18)14(12)19/h7-9,13H,4-6,19H2,1-3H3. The quantitative estimate of drug-likeness (QED) is 0.827. The van der Waals surface area contributed by atoms with Crippen LogP contribution in [0, 0.1) is 28.4 Å². The fourth-order valence-electron chi connectivity index (χ4n) is 4.12. The van der Waals surface area contributed by atoms with Crippen molar-refractivity contribution in [3.8, 4) is 5.75 Å². The van der Waals surface area contributed by atoms with Crippen LogP contribution >= 0.6 is 0 Å². The minimum Gasteiger partial charge on any atom is -0.487 e. The highest BCUT2D eigenvalue weighted by atomic mass is 19.1. The largest absolute Gasteiger partial charge is 0.487 e. The van der Waals surface area contributed by atoms with Crippen molar-refractivity contribution in [3.63, 3.8) is 0 Å². The summed E-state index contributed by atoms with van der Waals surface area (Å²) in [6.07, 6.45) is 3.20. The molecular formula is C16H21F2NO. The molecule has 4 heteroatoms. The molecule has 0 amide bonds. The Morgan fingerprint density at radius 3 is 2.50 bits per heavy atom. The molecule has 1 aromatic rings. The highest BCUT2D eigenvalue weighted by molar-refractivity contribution is 5.53. The van der Waals surface area contributed by atoms with Crippen LogP contribution in [0.3, 0.4) is 0 Å². The summed E-state index contributed by atoms with van der Waals surface area (Å²) < 4.78 is 32.8. The van der Waals surface area contributed by atoms with Crippen molar-refractivity contribution < 1.29 is 13.5 Å². The first-order valence-electron chi connectivity index (χ1n) is 7.17. The van der Waals surface area contributed by atoms with Gasteiger partial charge in [0.15, 0.2) is 5.82 Å². The molecule has 0 radical (unpaired) electrons. The third-order valence-electron chi connectivity index (χ3n) is 6.04. The van der Waals surface area contributed by atoms with Crippen molar-refractivity contribution >= 4 is 5.69 Å². The first-order valence-corrected chi connectivity index (χ1v) is 7.17. The van der Waals surface area contributed by atoms with E-state index in [1.54, 1.807) is 0 Å². The van der Waals surface area contributed by atoms with Crippen molar-refractivity contribution in [1.82, 2.24) is 0 Å². The molecule has 3 rings (SSSR count). The summed E-state index contributed by atoms with van der Waals surface area (Å²) in [6.45, 7) is 6.75. The smallest absolute Gasteiger partial charge is 0.152 e. The number of halogens is 2. The average Bonchev–Trinajstić information content (AvgIpc) is 2.68. The zero-order valence-corrected chi connectivity index (χ0v) is 12.2. The summed E-state index contributed by atoms with van der Waals surface area (Å²) in [5, 5.41) is 0. The summed E-state index contributed by atoms with van der Waals surface area (Å²) in [5.74, 6) is -0.666.